The standard InChI is InChI=1S/C9H9N3/c10-6-7-1-2-8-9(5-7)12-4-3-11-8/h1-2,5,11-12H,3-4H2. The lowest BCUT2D eigenvalue weighted by Crippen LogP contribution is -2.20. The summed E-state index contributed by atoms with van der Waals surface area (Å²) in [5, 5.41) is 15.1. The quantitative estimate of drug-likeness (QED) is 0.601. The molecule has 1 aromatic carbocycles. The van der Waals surface area contributed by atoms with Gasteiger partial charge in [-0.25, -0.2) is 0 Å². The molecule has 0 saturated carbocycles. The van der Waals surface area contributed by atoms with Crippen LogP contribution in [0.2, 0.25) is 0 Å². The largest absolute Gasteiger partial charge is 0.382 e. The monoisotopic (exact) mass is 159 g/mol. The van der Waals surface area contributed by atoms with Crippen molar-refractivity contribution in [1.82, 2.24) is 0 Å². The van der Waals surface area contributed by atoms with Crippen LogP contribution < -0.4 is 10.6 Å². The van der Waals surface area contributed by atoms with Crippen molar-refractivity contribution >= 4 is 11.4 Å². The van der Waals surface area contributed by atoms with E-state index in [9.17, 15) is 0 Å². The van der Waals surface area contributed by atoms with Crippen LogP contribution in [-0.2, 0) is 0 Å². The number of anilines is 2. The Balaban J connectivity index is 2.44. The van der Waals surface area contributed by atoms with Crippen LogP contribution in [0.4, 0.5) is 11.4 Å². The number of nitrogens with one attached hydrogen (secondary N) is 2. The smallest absolute Gasteiger partial charge is 0.0992 e. The molecule has 0 radical (unpaired) electrons. The van der Waals surface area contributed by atoms with Crippen molar-refractivity contribution in [3.63, 3.8) is 0 Å². The van der Waals surface area contributed by atoms with E-state index in [2.05, 4.69) is 16.7 Å². The molecule has 12 heavy (non-hydrogen) atoms. The third-order valence-electron chi connectivity index (χ3n) is 1.90. The van der Waals surface area contributed by atoms with Gasteiger partial charge in [-0.05, 0) is 18.2 Å². The Kier molecular flexibility index (Phi) is 1.60. The minimum atomic E-state index is 0.699. The van der Waals surface area contributed by atoms with Gasteiger partial charge >= 0.3 is 0 Å². The summed E-state index contributed by atoms with van der Waals surface area (Å²) in [6, 6.07) is 7.72. The summed E-state index contributed by atoms with van der Waals surface area (Å²) in [5.41, 5.74) is 2.81. The second-order valence-electron chi connectivity index (χ2n) is 2.73. The Morgan fingerprint density at radius 3 is 2.67 bits per heavy atom. The summed E-state index contributed by atoms with van der Waals surface area (Å²) in [6.07, 6.45) is 0. The Morgan fingerprint density at radius 1 is 1.17 bits per heavy atom. The van der Waals surface area contributed by atoms with Gasteiger partial charge in [-0.1, -0.05) is 0 Å². The first-order valence-electron chi connectivity index (χ1n) is 3.92. The zero-order valence-corrected chi connectivity index (χ0v) is 6.59. The van der Waals surface area contributed by atoms with Crippen molar-refractivity contribution in [3.8, 4) is 6.07 Å². The van der Waals surface area contributed by atoms with Gasteiger partial charge in [0.25, 0.3) is 0 Å². The molecule has 0 atom stereocenters. The van der Waals surface area contributed by atoms with E-state index < -0.39 is 0 Å². The van der Waals surface area contributed by atoms with Crippen molar-refractivity contribution < 1.29 is 0 Å². The maximum absolute atomic E-state index is 8.64. The highest BCUT2D eigenvalue weighted by atomic mass is 15.0. The van der Waals surface area contributed by atoms with Gasteiger partial charge in [0.05, 0.1) is 23.0 Å². The molecule has 1 aliphatic rings. The van der Waals surface area contributed by atoms with Gasteiger partial charge in [-0.15, -0.1) is 0 Å². The highest BCUT2D eigenvalue weighted by Crippen LogP contribution is 2.24. The molecular formula is C9H9N3. The lowest BCUT2D eigenvalue weighted by molar-refractivity contribution is 1.05. The first-order valence-corrected chi connectivity index (χ1v) is 3.92. The predicted molar refractivity (Wildman–Crippen MR) is 48.1 cm³/mol. The summed E-state index contributed by atoms with van der Waals surface area (Å²) >= 11 is 0. The molecule has 0 spiro atoms. The molecule has 0 fully saturated rings. The number of nitrogens with zero attached hydrogens (tertiary/aromatic N) is 1. The van der Waals surface area contributed by atoms with Crippen LogP contribution in [-0.4, -0.2) is 13.1 Å². The molecule has 0 aromatic heterocycles. The Hall–Kier alpha value is -1.69. The van der Waals surface area contributed by atoms with E-state index in [1.165, 1.54) is 0 Å². The van der Waals surface area contributed by atoms with Gasteiger partial charge in [0.2, 0.25) is 0 Å². The Bertz CT molecular complexity index is 338. The summed E-state index contributed by atoms with van der Waals surface area (Å²) < 4.78 is 0. The van der Waals surface area contributed by atoms with Gasteiger partial charge in [0, 0.05) is 13.1 Å². The van der Waals surface area contributed by atoms with E-state index >= 15 is 0 Å². The topological polar surface area (TPSA) is 47.9 Å². The highest BCUT2D eigenvalue weighted by Gasteiger charge is 2.06. The summed E-state index contributed by atoms with van der Waals surface area (Å²) in [6.45, 7) is 1.86. The molecule has 0 amide bonds. The number of hydrogen-bond acceptors (Lipinski definition) is 3. The summed E-state index contributed by atoms with van der Waals surface area (Å²) in [7, 11) is 0. The minimum absolute atomic E-state index is 0.699. The maximum atomic E-state index is 8.64. The van der Waals surface area contributed by atoms with Gasteiger partial charge in [-0.3, -0.25) is 0 Å². The van der Waals surface area contributed by atoms with Crippen molar-refractivity contribution in [2.75, 3.05) is 23.7 Å². The first-order chi connectivity index (χ1) is 5.90. The van der Waals surface area contributed by atoms with E-state index in [4.69, 9.17) is 5.26 Å². The lowest BCUT2D eigenvalue weighted by Gasteiger charge is -2.19. The SMILES string of the molecule is N#Cc1ccc2c(c1)NCCN2. The molecule has 1 aliphatic heterocycles. The molecule has 1 aromatic rings. The normalized spacial score (nSPS) is 13.6. The Morgan fingerprint density at radius 2 is 1.92 bits per heavy atom. The molecule has 0 bridgehead atoms. The van der Waals surface area contributed by atoms with Crippen LogP contribution in [0.5, 0.6) is 0 Å². The number of hydrogen-bond donors (Lipinski definition) is 2. The van der Waals surface area contributed by atoms with Gasteiger partial charge < -0.3 is 10.6 Å². The zero-order valence-electron chi connectivity index (χ0n) is 6.59. The molecule has 2 N–H and O–H groups in total. The molecule has 2 rings (SSSR count). The van der Waals surface area contributed by atoms with E-state index in [1.54, 1.807) is 0 Å². The average molecular weight is 159 g/mol. The molecule has 3 heteroatoms. The fraction of sp³-hybridized carbons (Fsp3) is 0.222. The van der Waals surface area contributed by atoms with Crippen LogP contribution in [0.15, 0.2) is 18.2 Å². The van der Waals surface area contributed by atoms with E-state index in [-0.39, 0.29) is 0 Å². The highest BCUT2D eigenvalue weighted by molar-refractivity contribution is 5.72. The Labute approximate surface area is 71.0 Å². The fourth-order valence-electron chi connectivity index (χ4n) is 1.31. The predicted octanol–water partition coefficient (Wildman–Crippen LogP) is 1.40. The molecule has 0 saturated heterocycles. The third-order valence-corrected chi connectivity index (χ3v) is 1.90. The zero-order chi connectivity index (χ0) is 8.39. The molecule has 0 aliphatic carbocycles. The molecule has 0 unspecified atom stereocenters. The second kappa shape index (κ2) is 2.74. The van der Waals surface area contributed by atoms with Crippen molar-refractivity contribution in [3.05, 3.63) is 23.8 Å². The van der Waals surface area contributed by atoms with Gasteiger partial charge in [-0.2, -0.15) is 5.26 Å². The van der Waals surface area contributed by atoms with Crippen LogP contribution in [0.1, 0.15) is 5.56 Å². The number of fused-ring (bicyclic) bond motifs is 1. The number of rotatable bonds is 0. The minimum Gasteiger partial charge on any atom is -0.382 e. The third kappa shape index (κ3) is 1.08. The van der Waals surface area contributed by atoms with Crippen molar-refractivity contribution in [2.45, 2.75) is 0 Å². The average Bonchev–Trinajstić information content (AvgIpc) is 2.17. The fourth-order valence-corrected chi connectivity index (χ4v) is 1.31. The first kappa shape index (κ1) is 6.99. The number of nitriles is 1. The molecule has 1 heterocycles. The van der Waals surface area contributed by atoms with E-state index in [1.807, 2.05) is 18.2 Å². The second-order valence-corrected chi connectivity index (χ2v) is 2.73. The van der Waals surface area contributed by atoms with Crippen LogP contribution in [0, 0.1) is 11.3 Å². The van der Waals surface area contributed by atoms with E-state index in [0.717, 1.165) is 24.5 Å². The van der Waals surface area contributed by atoms with Crippen molar-refractivity contribution in [1.29, 1.82) is 5.26 Å². The van der Waals surface area contributed by atoms with Crippen molar-refractivity contribution in [2.24, 2.45) is 0 Å². The van der Waals surface area contributed by atoms with E-state index in [0.29, 0.717) is 5.56 Å². The molecule has 3 nitrogen and oxygen atoms in total. The van der Waals surface area contributed by atoms with Crippen LogP contribution in [0.25, 0.3) is 0 Å². The van der Waals surface area contributed by atoms with Crippen LogP contribution >= 0.6 is 0 Å². The molecule has 60 valence electrons. The lowest BCUT2D eigenvalue weighted by atomic mass is 10.1. The van der Waals surface area contributed by atoms with Gasteiger partial charge in [0.15, 0.2) is 0 Å². The summed E-state index contributed by atoms with van der Waals surface area (Å²) in [4.78, 5) is 0. The van der Waals surface area contributed by atoms with Gasteiger partial charge in [0.1, 0.15) is 0 Å². The molecular weight excluding hydrogens is 150 g/mol. The maximum Gasteiger partial charge on any atom is 0.0992 e. The number of benzene rings is 1. The van der Waals surface area contributed by atoms with Crippen LogP contribution in [0.3, 0.4) is 0 Å². The summed E-state index contributed by atoms with van der Waals surface area (Å²) in [5.74, 6) is 0.